The molecule has 0 saturated heterocycles. The van der Waals surface area contributed by atoms with Crippen LogP contribution in [0.5, 0.6) is 5.75 Å². The molecule has 0 N–H and O–H groups in total. The van der Waals surface area contributed by atoms with E-state index in [0.29, 0.717) is 6.42 Å². The third kappa shape index (κ3) is 3.82. The van der Waals surface area contributed by atoms with Gasteiger partial charge in [0.1, 0.15) is 5.75 Å². The van der Waals surface area contributed by atoms with Gasteiger partial charge in [0.2, 0.25) is 0 Å². The molecule has 0 aliphatic rings. The zero-order chi connectivity index (χ0) is 14.4. The second-order valence-corrected chi connectivity index (χ2v) is 5.80. The van der Waals surface area contributed by atoms with Gasteiger partial charge in [-0.2, -0.15) is 8.42 Å². The number of hydrogen-bond acceptors (Lipinski definition) is 4. The van der Waals surface area contributed by atoms with E-state index in [1.807, 2.05) is 24.3 Å². The van der Waals surface area contributed by atoms with Crippen molar-refractivity contribution >= 4 is 10.1 Å². The standard InChI is InChI=1S/C15H16O4S/c1-18-14-9-7-13(8-10-14)11-12-19-20(16,17)15-5-3-2-4-6-15/h2-10H,11-12H2,1H3. The summed E-state index contributed by atoms with van der Waals surface area (Å²) in [6.45, 7) is 0.115. The normalized spacial score (nSPS) is 11.2. The summed E-state index contributed by atoms with van der Waals surface area (Å²) >= 11 is 0. The van der Waals surface area contributed by atoms with Crippen molar-refractivity contribution in [1.82, 2.24) is 0 Å². The van der Waals surface area contributed by atoms with Crippen molar-refractivity contribution in [3.05, 3.63) is 60.2 Å². The molecule has 0 radical (unpaired) electrons. The van der Waals surface area contributed by atoms with Gasteiger partial charge in [-0.25, -0.2) is 0 Å². The molecule has 0 saturated carbocycles. The monoisotopic (exact) mass is 292 g/mol. The summed E-state index contributed by atoms with van der Waals surface area (Å²) < 4.78 is 33.8. The van der Waals surface area contributed by atoms with Gasteiger partial charge in [-0.15, -0.1) is 0 Å². The molecule has 5 heteroatoms. The Morgan fingerprint density at radius 2 is 1.60 bits per heavy atom. The molecule has 0 amide bonds. The lowest BCUT2D eigenvalue weighted by Crippen LogP contribution is -2.09. The summed E-state index contributed by atoms with van der Waals surface area (Å²) in [6, 6.07) is 15.6. The summed E-state index contributed by atoms with van der Waals surface area (Å²) in [5.41, 5.74) is 0.995. The van der Waals surface area contributed by atoms with Crippen LogP contribution in [0.4, 0.5) is 0 Å². The molecule has 0 aliphatic heterocycles. The molecule has 0 bridgehead atoms. The number of hydrogen-bond donors (Lipinski definition) is 0. The van der Waals surface area contributed by atoms with Crippen LogP contribution < -0.4 is 4.74 Å². The Balaban J connectivity index is 1.92. The third-order valence-electron chi connectivity index (χ3n) is 2.82. The highest BCUT2D eigenvalue weighted by molar-refractivity contribution is 7.86. The van der Waals surface area contributed by atoms with Gasteiger partial charge in [-0.3, -0.25) is 4.18 Å². The Morgan fingerprint density at radius 1 is 0.950 bits per heavy atom. The summed E-state index contributed by atoms with van der Waals surface area (Å²) in [6.07, 6.45) is 0.524. The van der Waals surface area contributed by atoms with Crippen molar-refractivity contribution in [2.75, 3.05) is 13.7 Å². The van der Waals surface area contributed by atoms with E-state index in [9.17, 15) is 8.42 Å². The largest absolute Gasteiger partial charge is 0.497 e. The van der Waals surface area contributed by atoms with Crippen LogP contribution in [-0.2, 0) is 20.7 Å². The van der Waals surface area contributed by atoms with Crippen LogP contribution in [0.3, 0.4) is 0 Å². The Labute approximate surface area is 119 Å². The fourth-order valence-electron chi connectivity index (χ4n) is 1.72. The molecule has 20 heavy (non-hydrogen) atoms. The van der Waals surface area contributed by atoms with Gasteiger partial charge in [0.05, 0.1) is 18.6 Å². The quantitative estimate of drug-likeness (QED) is 0.768. The highest BCUT2D eigenvalue weighted by Crippen LogP contribution is 2.14. The smallest absolute Gasteiger partial charge is 0.296 e. The van der Waals surface area contributed by atoms with Gasteiger partial charge >= 0.3 is 0 Å². The molecule has 2 aromatic rings. The minimum absolute atomic E-state index is 0.115. The fraction of sp³-hybridized carbons (Fsp3) is 0.200. The van der Waals surface area contributed by atoms with E-state index in [4.69, 9.17) is 8.92 Å². The summed E-state index contributed by atoms with van der Waals surface area (Å²) in [4.78, 5) is 0.176. The number of benzene rings is 2. The maximum Gasteiger partial charge on any atom is 0.296 e. The van der Waals surface area contributed by atoms with Crippen molar-refractivity contribution in [3.63, 3.8) is 0 Å². The second-order valence-electron chi connectivity index (χ2n) is 4.19. The van der Waals surface area contributed by atoms with Gasteiger partial charge in [0.25, 0.3) is 10.1 Å². The van der Waals surface area contributed by atoms with Crippen LogP contribution in [0.2, 0.25) is 0 Å². The van der Waals surface area contributed by atoms with Gasteiger partial charge in [0.15, 0.2) is 0 Å². The predicted molar refractivity (Wildman–Crippen MR) is 76.3 cm³/mol. The van der Waals surface area contributed by atoms with E-state index in [0.717, 1.165) is 11.3 Å². The SMILES string of the molecule is COc1ccc(CCOS(=O)(=O)c2ccccc2)cc1. The molecule has 106 valence electrons. The number of rotatable bonds is 6. The second kappa shape index (κ2) is 6.54. The Morgan fingerprint density at radius 3 is 2.20 bits per heavy atom. The highest BCUT2D eigenvalue weighted by atomic mass is 32.2. The third-order valence-corrected chi connectivity index (χ3v) is 4.15. The molecular formula is C15H16O4S. The van der Waals surface area contributed by atoms with Crippen LogP contribution in [-0.4, -0.2) is 22.1 Å². The summed E-state index contributed by atoms with van der Waals surface area (Å²) in [5.74, 6) is 0.770. The molecular weight excluding hydrogens is 276 g/mol. The lowest BCUT2D eigenvalue weighted by atomic mass is 10.1. The number of ether oxygens (including phenoxy) is 1. The van der Waals surface area contributed by atoms with Crippen LogP contribution >= 0.6 is 0 Å². The molecule has 2 rings (SSSR count). The first-order valence-corrected chi connectivity index (χ1v) is 7.60. The van der Waals surface area contributed by atoms with E-state index in [-0.39, 0.29) is 11.5 Å². The minimum Gasteiger partial charge on any atom is -0.497 e. The van der Waals surface area contributed by atoms with Gasteiger partial charge < -0.3 is 4.74 Å². The van der Waals surface area contributed by atoms with E-state index < -0.39 is 10.1 Å². The van der Waals surface area contributed by atoms with E-state index in [2.05, 4.69) is 0 Å². The molecule has 0 atom stereocenters. The van der Waals surface area contributed by atoms with Crippen molar-refractivity contribution in [2.24, 2.45) is 0 Å². The van der Waals surface area contributed by atoms with Crippen LogP contribution in [0.25, 0.3) is 0 Å². The molecule has 0 aliphatic carbocycles. The topological polar surface area (TPSA) is 52.6 Å². The molecule has 2 aromatic carbocycles. The average molecular weight is 292 g/mol. The lowest BCUT2D eigenvalue weighted by molar-refractivity contribution is 0.322. The minimum atomic E-state index is -3.67. The van der Waals surface area contributed by atoms with Gasteiger partial charge in [-0.05, 0) is 36.2 Å². The van der Waals surface area contributed by atoms with Crippen molar-refractivity contribution < 1.29 is 17.3 Å². The first kappa shape index (κ1) is 14.6. The Bertz CT molecular complexity index is 633. The van der Waals surface area contributed by atoms with Crippen LogP contribution in [0.15, 0.2) is 59.5 Å². The van der Waals surface area contributed by atoms with Crippen LogP contribution in [0.1, 0.15) is 5.56 Å². The average Bonchev–Trinajstić information content (AvgIpc) is 2.49. The zero-order valence-electron chi connectivity index (χ0n) is 11.2. The Kier molecular flexibility index (Phi) is 4.76. The predicted octanol–water partition coefficient (Wildman–Crippen LogP) is 2.64. The number of methoxy groups -OCH3 is 1. The molecule has 0 aromatic heterocycles. The molecule has 0 unspecified atom stereocenters. The fourth-order valence-corrected chi connectivity index (χ4v) is 2.65. The maximum absolute atomic E-state index is 11.9. The molecule has 0 fully saturated rings. The van der Waals surface area contributed by atoms with Crippen LogP contribution in [0, 0.1) is 0 Å². The van der Waals surface area contributed by atoms with E-state index >= 15 is 0 Å². The van der Waals surface area contributed by atoms with Gasteiger partial charge in [0, 0.05) is 0 Å². The summed E-state index contributed by atoms with van der Waals surface area (Å²) in [7, 11) is -2.07. The first-order chi connectivity index (χ1) is 9.62. The molecule has 4 nitrogen and oxygen atoms in total. The first-order valence-electron chi connectivity index (χ1n) is 6.19. The van der Waals surface area contributed by atoms with Crippen molar-refractivity contribution in [1.29, 1.82) is 0 Å². The van der Waals surface area contributed by atoms with Crippen molar-refractivity contribution in [3.8, 4) is 5.75 Å². The maximum atomic E-state index is 11.9. The molecule has 0 heterocycles. The highest BCUT2D eigenvalue weighted by Gasteiger charge is 2.13. The van der Waals surface area contributed by atoms with Crippen molar-refractivity contribution in [2.45, 2.75) is 11.3 Å². The van der Waals surface area contributed by atoms with E-state index in [1.165, 1.54) is 12.1 Å². The Hall–Kier alpha value is -1.85. The zero-order valence-corrected chi connectivity index (χ0v) is 12.0. The lowest BCUT2D eigenvalue weighted by Gasteiger charge is -2.06. The van der Waals surface area contributed by atoms with Gasteiger partial charge in [-0.1, -0.05) is 30.3 Å². The summed E-state index contributed by atoms with van der Waals surface area (Å²) in [5, 5.41) is 0. The molecule has 0 spiro atoms. The van der Waals surface area contributed by atoms with E-state index in [1.54, 1.807) is 25.3 Å².